The average molecular weight is 281 g/mol. The van der Waals surface area contributed by atoms with Gasteiger partial charge in [0.15, 0.2) is 6.04 Å². The van der Waals surface area contributed by atoms with Crippen molar-refractivity contribution in [3.05, 3.63) is 65.2 Å². The summed E-state index contributed by atoms with van der Waals surface area (Å²) in [5.41, 5.74) is 4.01. The molecular weight excluding hydrogens is 262 g/mol. The van der Waals surface area contributed by atoms with E-state index < -0.39 is 12.0 Å². The number of nitrogens with one attached hydrogen (secondary N) is 1. The summed E-state index contributed by atoms with van der Waals surface area (Å²) in [4.78, 5) is 11.6. The fourth-order valence-corrected chi connectivity index (χ4v) is 2.60. The van der Waals surface area contributed by atoms with E-state index in [4.69, 9.17) is 0 Å². The Bertz CT molecular complexity index is 662. The second kappa shape index (κ2) is 5.60. The summed E-state index contributed by atoms with van der Waals surface area (Å²) in [5, 5.41) is 12.7. The Hall–Kier alpha value is -2.29. The molecule has 0 saturated heterocycles. The molecule has 1 atom stereocenters. The van der Waals surface area contributed by atoms with E-state index in [1.807, 2.05) is 49.4 Å². The third kappa shape index (κ3) is 3.24. The molecule has 1 unspecified atom stereocenters. The average Bonchev–Trinajstić information content (AvgIpc) is 3.29. The van der Waals surface area contributed by atoms with Gasteiger partial charge in [0.05, 0.1) is 0 Å². The molecule has 2 N–H and O–H groups in total. The Kier molecular flexibility index (Phi) is 3.65. The van der Waals surface area contributed by atoms with Crippen molar-refractivity contribution in [2.45, 2.75) is 31.7 Å². The minimum absolute atomic E-state index is 0.623. The first-order valence-corrected chi connectivity index (χ1v) is 7.29. The normalized spacial score (nSPS) is 15.5. The molecule has 0 spiro atoms. The lowest BCUT2D eigenvalue weighted by atomic mass is 10.0. The van der Waals surface area contributed by atoms with E-state index in [9.17, 15) is 9.90 Å². The zero-order chi connectivity index (χ0) is 14.8. The first-order valence-electron chi connectivity index (χ1n) is 7.29. The number of hydrogen-bond donors (Lipinski definition) is 2. The second-order valence-electron chi connectivity index (χ2n) is 5.73. The Labute approximate surface area is 124 Å². The van der Waals surface area contributed by atoms with Gasteiger partial charge in [-0.15, -0.1) is 0 Å². The van der Waals surface area contributed by atoms with E-state index in [1.165, 1.54) is 18.4 Å². The molecule has 2 aromatic rings. The Morgan fingerprint density at radius 3 is 2.62 bits per heavy atom. The van der Waals surface area contributed by atoms with Crippen LogP contribution in [0.15, 0.2) is 48.5 Å². The molecule has 3 nitrogen and oxygen atoms in total. The summed E-state index contributed by atoms with van der Waals surface area (Å²) in [5.74, 6) is -0.234. The van der Waals surface area contributed by atoms with Crippen LogP contribution in [-0.2, 0) is 4.79 Å². The van der Waals surface area contributed by atoms with Crippen molar-refractivity contribution in [3.8, 4) is 0 Å². The SMILES string of the molecule is Cc1cccc(NC(C(=O)O)c2cccc(C3CC3)c2)c1. The van der Waals surface area contributed by atoms with Crippen molar-refractivity contribution >= 4 is 11.7 Å². The number of carboxylic acid groups (broad SMARTS) is 1. The van der Waals surface area contributed by atoms with E-state index in [0.717, 1.165) is 16.8 Å². The summed E-state index contributed by atoms with van der Waals surface area (Å²) in [6, 6.07) is 15.0. The maximum atomic E-state index is 11.6. The minimum Gasteiger partial charge on any atom is -0.479 e. The number of aliphatic carboxylic acids is 1. The number of benzene rings is 2. The third-order valence-corrected chi connectivity index (χ3v) is 3.87. The molecule has 0 aliphatic heterocycles. The van der Waals surface area contributed by atoms with Gasteiger partial charge < -0.3 is 10.4 Å². The molecule has 3 rings (SSSR count). The van der Waals surface area contributed by atoms with Crippen molar-refractivity contribution in [2.75, 3.05) is 5.32 Å². The molecule has 2 aromatic carbocycles. The van der Waals surface area contributed by atoms with Crippen LogP contribution in [0.2, 0.25) is 0 Å². The van der Waals surface area contributed by atoms with Gasteiger partial charge in [0.25, 0.3) is 0 Å². The van der Waals surface area contributed by atoms with Gasteiger partial charge in [0, 0.05) is 5.69 Å². The Morgan fingerprint density at radius 2 is 1.95 bits per heavy atom. The van der Waals surface area contributed by atoms with Crippen LogP contribution in [0, 0.1) is 6.92 Å². The fraction of sp³-hybridized carbons (Fsp3) is 0.278. The van der Waals surface area contributed by atoms with Gasteiger partial charge in [0.2, 0.25) is 0 Å². The molecule has 108 valence electrons. The zero-order valence-electron chi connectivity index (χ0n) is 12.0. The lowest BCUT2D eigenvalue weighted by molar-refractivity contribution is -0.138. The number of carboxylic acids is 1. The highest BCUT2D eigenvalue weighted by Gasteiger charge is 2.26. The highest BCUT2D eigenvalue weighted by Crippen LogP contribution is 2.40. The number of anilines is 1. The molecule has 0 bridgehead atoms. The lowest BCUT2D eigenvalue weighted by Crippen LogP contribution is -2.20. The van der Waals surface area contributed by atoms with Gasteiger partial charge in [-0.3, -0.25) is 0 Å². The number of hydrogen-bond acceptors (Lipinski definition) is 2. The van der Waals surface area contributed by atoms with Crippen LogP contribution in [0.4, 0.5) is 5.69 Å². The zero-order valence-corrected chi connectivity index (χ0v) is 12.0. The molecule has 0 amide bonds. The summed E-state index contributed by atoms with van der Waals surface area (Å²) >= 11 is 0. The first-order chi connectivity index (χ1) is 10.1. The fourth-order valence-electron chi connectivity index (χ4n) is 2.60. The van der Waals surface area contributed by atoms with Gasteiger partial charge in [-0.05, 0) is 54.5 Å². The van der Waals surface area contributed by atoms with Crippen LogP contribution in [0.5, 0.6) is 0 Å². The van der Waals surface area contributed by atoms with Crippen LogP contribution in [0.3, 0.4) is 0 Å². The topological polar surface area (TPSA) is 49.3 Å². The number of carbonyl (C=O) groups is 1. The van der Waals surface area contributed by atoms with Crippen LogP contribution in [0.25, 0.3) is 0 Å². The van der Waals surface area contributed by atoms with E-state index >= 15 is 0 Å². The lowest BCUT2D eigenvalue weighted by Gasteiger charge is -2.17. The van der Waals surface area contributed by atoms with Crippen LogP contribution in [-0.4, -0.2) is 11.1 Å². The maximum Gasteiger partial charge on any atom is 0.330 e. The quantitative estimate of drug-likeness (QED) is 0.867. The van der Waals surface area contributed by atoms with Crippen molar-refractivity contribution in [1.29, 1.82) is 0 Å². The van der Waals surface area contributed by atoms with Gasteiger partial charge in [0.1, 0.15) is 0 Å². The third-order valence-electron chi connectivity index (χ3n) is 3.87. The molecule has 1 aliphatic rings. The van der Waals surface area contributed by atoms with E-state index in [-0.39, 0.29) is 0 Å². The smallest absolute Gasteiger partial charge is 0.330 e. The summed E-state index contributed by atoms with van der Waals surface area (Å²) in [6.07, 6.45) is 2.43. The van der Waals surface area contributed by atoms with Gasteiger partial charge >= 0.3 is 5.97 Å². The number of rotatable bonds is 5. The summed E-state index contributed by atoms with van der Waals surface area (Å²) < 4.78 is 0. The number of aryl methyl sites for hydroxylation is 1. The van der Waals surface area contributed by atoms with Crippen LogP contribution >= 0.6 is 0 Å². The maximum absolute atomic E-state index is 11.6. The molecule has 0 radical (unpaired) electrons. The molecule has 1 fully saturated rings. The van der Waals surface area contributed by atoms with Crippen molar-refractivity contribution in [1.82, 2.24) is 0 Å². The van der Waals surface area contributed by atoms with Crippen molar-refractivity contribution in [2.24, 2.45) is 0 Å². The molecule has 3 heteroatoms. The van der Waals surface area contributed by atoms with Crippen molar-refractivity contribution in [3.63, 3.8) is 0 Å². The molecule has 1 aliphatic carbocycles. The molecule has 0 aromatic heterocycles. The van der Waals surface area contributed by atoms with Crippen LogP contribution < -0.4 is 5.32 Å². The second-order valence-corrected chi connectivity index (χ2v) is 5.73. The van der Waals surface area contributed by atoms with E-state index in [2.05, 4.69) is 11.4 Å². The first kappa shape index (κ1) is 13.7. The molecule has 0 heterocycles. The molecule has 1 saturated carbocycles. The standard InChI is InChI=1S/C18H19NO2/c1-12-4-2-7-16(10-12)19-17(18(20)21)15-6-3-5-14(11-15)13-8-9-13/h2-7,10-11,13,17,19H,8-9H2,1H3,(H,20,21). The minimum atomic E-state index is -0.857. The van der Waals surface area contributed by atoms with Gasteiger partial charge in [-0.1, -0.05) is 36.4 Å². The Morgan fingerprint density at radius 1 is 1.19 bits per heavy atom. The highest BCUT2D eigenvalue weighted by atomic mass is 16.4. The highest BCUT2D eigenvalue weighted by molar-refractivity contribution is 5.79. The van der Waals surface area contributed by atoms with E-state index in [0.29, 0.717) is 5.92 Å². The monoisotopic (exact) mass is 281 g/mol. The summed E-state index contributed by atoms with van der Waals surface area (Å²) in [6.45, 7) is 1.99. The predicted octanol–water partition coefficient (Wildman–Crippen LogP) is 4.11. The van der Waals surface area contributed by atoms with E-state index in [1.54, 1.807) is 0 Å². The van der Waals surface area contributed by atoms with Crippen molar-refractivity contribution < 1.29 is 9.90 Å². The largest absolute Gasteiger partial charge is 0.479 e. The molecule has 21 heavy (non-hydrogen) atoms. The van der Waals surface area contributed by atoms with Gasteiger partial charge in [-0.25, -0.2) is 4.79 Å². The predicted molar refractivity (Wildman–Crippen MR) is 83.6 cm³/mol. The molecular formula is C18H19NO2. The van der Waals surface area contributed by atoms with Gasteiger partial charge in [-0.2, -0.15) is 0 Å². The van der Waals surface area contributed by atoms with Crippen LogP contribution in [0.1, 0.15) is 41.5 Å². The summed E-state index contributed by atoms with van der Waals surface area (Å²) in [7, 11) is 0. The Balaban J connectivity index is 1.87.